The van der Waals surface area contributed by atoms with Gasteiger partial charge in [-0.3, -0.25) is 4.79 Å². The number of methoxy groups -OCH3 is 1. The first-order chi connectivity index (χ1) is 8.71. The van der Waals surface area contributed by atoms with E-state index in [2.05, 4.69) is 5.32 Å². The summed E-state index contributed by atoms with van der Waals surface area (Å²) in [5.41, 5.74) is -0.177. The molecule has 1 aliphatic carbocycles. The molecule has 0 amide bonds. The summed E-state index contributed by atoms with van der Waals surface area (Å²) in [6, 6.07) is 0.663. The van der Waals surface area contributed by atoms with E-state index in [9.17, 15) is 18.0 Å². The first-order valence-electron chi connectivity index (χ1n) is 5.83. The number of halogens is 3. The molecule has 0 atom stereocenters. The second-order valence-corrected chi connectivity index (χ2v) is 4.73. The third-order valence-electron chi connectivity index (χ3n) is 3.53. The minimum absolute atomic E-state index is 0.0202. The molecule has 0 unspecified atom stereocenters. The third-order valence-corrected chi connectivity index (χ3v) is 3.53. The summed E-state index contributed by atoms with van der Waals surface area (Å²) in [4.78, 5) is 20.4. The van der Waals surface area contributed by atoms with Crippen molar-refractivity contribution in [1.82, 2.24) is 5.32 Å². The Bertz CT molecular complexity index is 335. The summed E-state index contributed by atoms with van der Waals surface area (Å²) in [6.45, 7) is 0.824. The number of hydrogen-bond donors (Lipinski definition) is 2. The number of alkyl halides is 3. The molecule has 0 aromatic heterocycles. The van der Waals surface area contributed by atoms with Crippen molar-refractivity contribution >= 4 is 11.9 Å². The van der Waals surface area contributed by atoms with Crippen molar-refractivity contribution in [2.75, 3.05) is 13.7 Å². The summed E-state index contributed by atoms with van der Waals surface area (Å²) in [5, 5.41) is 10.5. The molecule has 2 N–H and O–H groups in total. The summed E-state index contributed by atoms with van der Waals surface area (Å²) in [7, 11) is 1.48. The van der Waals surface area contributed by atoms with Crippen LogP contribution in [0.2, 0.25) is 0 Å². The molecule has 3 aliphatic rings. The summed E-state index contributed by atoms with van der Waals surface area (Å²) >= 11 is 0. The van der Waals surface area contributed by atoms with Crippen molar-refractivity contribution in [2.45, 2.75) is 37.9 Å². The smallest absolute Gasteiger partial charge is 0.475 e. The molecule has 0 radical (unpaired) electrons. The molecular formula is C11H16F3NO4. The second-order valence-electron chi connectivity index (χ2n) is 4.73. The first kappa shape index (κ1) is 15.7. The molecular weight excluding hydrogens is 267 g/mol. The number of ether oxygens (including phenoxy) is 1. The van der Waals surface area contributed by atoms with Crippen LogP contribution < -0.4 is 5.32 Å². The van der Waals surface area contributed by atoms with Crippen molar-refractivity contribution in [3.05, 3.63) is 0 Å². The van der Waals surface area contributed by atoms with Crippen LogP contribution >= 0.6 is 0 Å². The zero-order valence-corrected chi connectivity index (χ0v) is 10.4. The van der Waals surface area contributed by atoms with Gasteiger partial charge in [-0.05, 0) is 25.7 Å². The molecule has 5 nitrogen and oxygen atoms in total. The number of carbonyl (C=O) groups excluding carboxylic acids is 1. The van der Waals surface area contributed by atoms with E-state index in [4.69, 9.17) is 14.6 Å². The lowest BCUT2D eigenvalue weighted by atomic mass is 9.69. The molecule has 2 heterocycles. The number of aliphatic carboxylic acids is 1. The Morgan fingerprint density at radius 3 is 2.05 bits per heavy atom. The SMILES string of the molecule is COC(=O)C12CCC(CC1)NC2.O=C(O)C(F)(F)F. The van der Waals surface area contributed by atoms with Gasteiger partial charge < -0.3 is 15.2 Å². The highest BCUT2D eigenvalue weighted by Gasteiger charge is 2.46. The molecule has 110 valence electrons. The molecule has 3 fully saturated rings. The zero-order valence-electron chi connectivity index (χ0n) is 10.4. The van der Waals surface area contributed by atoms with Gasteiger partial charge in [0.05, 0.1) is 12.5 Å². The zero-order chi connectivity index (χ0) is 14.7. The fraction of sp³-hybridized carbons (Fsp3) is 0.818. The van der Waals surface area contributed by atoms with Gasteiger partial charge in [0, 0.05) is 12.6 Å². The van der Waals surface area contributed by atoms with Crippen molar-refractivity contribution in [3.63, 3.8) is 0 Å². The average molecular weight is 283 g/mol. The van der Waals surface area contributed by atoms with E-state index in [-0.39, 0.29) is 11.4 Å². The molecule has 0 aromatic carbocycles. The number of hydrogen-bond acceptors (Lipinski definition) is 4. The van der Waals surface area contributed by atoms with Crippen LogP contribution in [-0.2, 0) is 14.3 Å². The molecule has 1 saturated carbocycles. The molecule has 2 bridgehead atoms. The van der Waals surface area contributed by atoms with Crippen LogP contribution in [0, 0.1) is 5.41 Å². The predicted molar refractivity (Wildman–Crippen MR) is 58.4 cm³/mol. The number of carboxylic acids is 1. The van der Waals surface area contributed by atoms with Crippen LogP contribution in [0.4, 0.5) is 13.2 Å². The number of piperidine rings is 2. The normalized spacial score (nSPS) is 29.2. The number of fused-ring (bicyclic) bond motifs is 3. The van der Waals surface area contributed by atoms with Crippen molar-refractivity contribution in [2.24, 2.45) is 5.41 Å². The Morgan fingerprint density at radius 2 is 1.79 bits per heavy atom. The monoisotopic (exact) mass is 283 g/mol. The highest BCUT2D eigenvalue weighted by atomic mass is 19.4. The average Bonchev–Trinajstić information content (AvgIpc) is 2.39. The van der Waals surface area contributed by atoms with E-state index in [1.54, 1.807) is 0 Å². The Balaban J connectivity index is 0.000000224. The van der Waals surface area contributed by atoms with Gasteiger partial charge in [0.2, 0.25) is 0 Å². The molecule has 8 heteroatoms. The van der Waals surface area contributed by atoms with E-state index in [0.29, 0.717) is 6.04 Å². The Morgan fingerprint density at radius 1 is 1.32 bits per heavy atom. The lowest BCUT2D eigenvalue weighted by Gasteiger charge is -2.44. The predicted octanol–water partition coefficient (Wildman–Crippen LogP) is 1.32. The quantitative estimate of drug-likeness (QED) is 0.710. The summed E-state index contributed by atoms with van der Waals surface area (Å²) in [6.07, 6.45) is -0.793. The van der Waals surface area contributed by atoms with E-state index >= 15 is 0 Å². The number of nitrogens with one attached hydrogen (secondary N) is 1. The van der Waals surface area contributed by atoms with E-state index in [1.165, 1.54) is 7.11 Å². The first-order valence-corrected chi connectivity index (χ1v) is 5.83. The molecule has 2 aliphatic heterocycles. The van der Waals surface area contributed by atoms with Crippen LogP contribution in [0.15, 0.2) is 0 Å². The van der Waals surface area contributed by atoms with Gasteiger partial charge in [0.15, 0.2) is 0 Å². The van der Waals surface area contributed by atoms with Crippen molar-refractivity contribution < 1.29 is 32.6 Å². The van der Waals surface area contributed by atoms with Crippen LogP contribution in [0.3, 0.4) is 0 Å². The standard InChI is InChI=1S/C9H15NO2.C2HF3O2/c1-12-8(11)9-4-2-7(3-5-9)10-6-9;3-2(4,5)1(6)7/h7,10H,2-6H2,1H3;(H,6,7). The Labute approximate surface area is 108 Å². The minimum Gasteiger partial charge on any atom is -0.475 e. The molecule has 0 aromatic rings. The van der Waals surface area contributed by atoms with Gasteiger partial charge in [-0.15, -0.1) is 0 Å². The molecule has 3 rings (SSSR count). The maximum Gasteiger partial charge on any atom is 0.490 e. The third kappa shape index (κ3) is 3.82. The number of esters is 1. The second kappa shape index (κ2) is 5.77. The summed E-state index contributed by atoms with van der Waals surface area (Å²) < 4.78 is 36.6. The number of carbonyl (C=O) groups is 2. The van der Waals surface area contributed by atoms with Crippen molar-refractivity contribution in [1.29, 1.82) is 0 Å². The highest BCUT2D eigenvalue weighted by Crippen LogP contribution is 2.40. The van der Waals surface area contributed by atoms with Gasteiger partial charge >= 0.3 is 18.1 Å². The van der Waals surface area contributed by atoms with E-state index < -0.39 is 12.1 Å². The van der Waals surface area contributed by atoms with Gasteiger partial charge in [-0.1, -0.05) is 0 Å². The Hall–Kier alpha value is -1.31. The van der Waals surface area contributed by atoms with Gasteiger partial charge in [0.25, 0.3) is 0 Å². The van der Waals surface area contributed by atoms with Gasteiger partial charge in [-0.25, -0.2) is 4.79 Å². The summed E-state index contributed by atoms with van der Waals surface area (Å²) in [5.74, 6) is -2.78. The fourth-order valence-electron chi connectivity index (χ4n) is 2.38. The highest BCUT2D eigenvalue weighted by molar-refractivity contribution is 5.77. The van der Waals surface area contributed by atoms with Gasteiger partial charge in [-0.2, -0.15) is 13.2 Å². The van der Waals surface area contributed by atoms with Crippen LogP contribution in [0.25, 0.3) is 0 Å². The lowest BCUT2D eigenvalue weighted by molar-refractivity contribution is -0.192. The maximum absolute atomic E-state index is 11.5. The maximum atomic E-state index is 11.5. The largest absolute Gasteiger partial charge is 0.490 e. The molecule has 2 saturated heterocycles. The van der Waals surface area contributed by atoms with Crippen LogP contribution in [0.1, 0.15) is 25.7 Å². The van der Waals surface area contributed by atoms with Gasteiger partial charge in [0.1, 0.15) is 0 Å². The van der Waals surface area contributed by atoms with Crippen LogP contribution in [0.5, 0.6) is 0 Å². The molecule has 19 heavy (non-hydrogen) atoms. The van der Waals surface area contributed by atoms with Crippen LogP contribution in [-0.4, -0.2) is 42.9 Å². The molecule has 0 spiro atoms. The number of carboxylic acid groups (broad SMARTS) is 1. The van der Waals surface area contributed by atoms with E-state index in [1.807, 2.05) is 0 Å². The topological polar surface area (TPSA) is 75.6 Å². The van der Waals surface area contributed by atoms with Crippen molar-refractivity contribution in [3.8, 4) is 0 Å². The fourth-order valence-corrected chi connectivity index (χ4v) is 2.38. The van der Waals surface area contributed by atoms with E-state index in [0.717, 1.165) is 32.2 Å². The minimum atomic E-state index is -5.08. The Kier molecular flexibility index (Phi) is 4.78. The number of rotatable bonds is 1. The lowest BCUT2D eigenvalue weighted by Crippen LogP contribution is -2.55.